The number of amides is 1. The summed E-state index contributed by atoms with van der Waals surface area (Å²) in [7, 11) is 0. The molecule has 0 fully saturated rings. The van der Waals surface area contributed by atoms with Crippen LogP contribution < -0.4 is 5.43 Å². The van der Waals surface area contributed by atoms with Gasteiger partial charge in [-0.15, -0.1) is 0 Å². The number of hydrogen-bond donors (Lipinski definition) is 1. The summed E-state index contributed by atoms with van der Waals surface area (Å²) in [6, 6.07) is 18.7. The predicted molar refractivity (Wildman–Crippen MR) is 97.0 cm³/mol. The van der Waals surface area contributed by atoms with Crippen molar-refractivity contribution >= 4 is 23.7 Å². The van der Waals surface area contributed by atoms with Crippen LogP contribution in [0.5, 0.6) is 0 Å². The summed E-state index contributed by atoms with van der Waals surface area (Å²) in [5.74, 6) is -0.240. The van der Waals surface area contributed by atoms with Gasteiger partial charge in [0, 0.05) is 22.5 Å². The standard InChI is InChI=1S/C19H16ClN3O/c1-14-4-6-15(7-5-14)19(24)22-21-13-18-3-2-12-23(18)17-10-8-16(20)9-11-17/h2-13H,1H3,(H,22,24)/b21-13-. The van der Waals surface area contributed by atoms with Crippen LogP contribution in [0, 0.1) is 6.92 Å². The second-order valence-electron chi connectivity index (χ2n) is 5.34. The number of carbonyl (C=O) groups excluding carboxylic acids is 1. The van der Waals surface area contributed by atoms with Crippen LogP contribution in [0.2, 0.25) is 5.02 Å². The molecule has 0 atom stereocenters. The van der Waals surface area contributed by atoms with Crippen molar-refractivity contribution in [2.45, 2.75) is 6.92 Å². The van der Waals surface area contributed by atoms with Crippen molar-refractivity contribution < 1.29 is 4.79 Å². The summed E-state index contributed by atoms with van der Waals surface area (Å²) in [6.07, 6.45) is 3.53. The van der Waals surface area contributed by atoms with Crippen LogP contribution >= 0.6 is 11.6 Å². The number of aromatic nitrogens is 1. The first-order chi connectivity index (χ1) is 11.6. The molecule has 0 radical (unpaired) electrons. The molecule has 1 N–H and O–H groups in total. The van der Waals surface area contributed by atoms with E-state index in [-0.39, 0.29) is 5.91 Å². The van der Waals surface area contributed by atoms with Crippen molar-refractivity contribution in [2.24, 2.45) is 5.10 Å². The molecule has 0 spiro atoms. The van der Waals surface area contributed by atoms with Gasteiger partial charge in [-0.25, -0.2) is 5.43 Å². The van der Waals surface area contributed by atoms with Gasteiger partial charge in [0.2, 0.25) is 0 Å². The van der Waals surface area contributed by atoms with E-state index in [0.717, 1.165) is 16.9 Å². The number of rotatable bonds is 4. The number of nitrogens with one attached hydrogen (secondary N) is 1. The van der Waals surface area contributed by atoms with Crippen molar-refractivity contribution in [1.82, 2.24) is 9.99 Å². The van der Waals surface area contributed by atoms with E-state index in [2.05, 4.69) is 10.5 Å². The summed E-state index contributed by atoms with van der Waals surface area (Å²) in [5.41, 5.74) is 6.04. The minimum atomic E-state index is -0.240. The zero-order valence-corrected chi connectivity index (χ0v) is 13.9. The molecule has 1 amide bonds. The van der Waals surface area contributed by atoms with E-state index in [0.29, 0.717) is 10.6 Å². The van der Waals surface area contributed by atoms with E-state index in [9.17, 15) is 4.79 Å². The second kappa shape index (κ2) is 7.15. The van der Waals surface area contributed by atoms with E-state index in [1.165, 1.54) is 0 Å². The van der Waals surface area contributed by atoms with Gasteiger partial charge in [0.1, 0.15) is 0 Å². The minimum absolute atomic E-state index is 0.240. The monoisotopic (exact) mass is 337 g/mol. The van der Waals surface area contributed by atoms with Crippen LogP contribution in [0.15, 0.2) is 72.0 Å². The van der Waals surface area contributed by atoms with Crippen molar-refractivity contribution in [2.75, 3.05) is 0 Å². The number of nitrogens with zero attached hydrogens (tertiary/aromatic N) is 2. The average Bonchev–Trinajstić information content (AvgIpc) is 3.04. The summed E-state index contributed by atoms with van der Waals surface area (Å²) in [5, 5.41) is 4.73. The topological polar surface area (TPSA) is 46.4 Å². The van der Waals surface area contributed by atoms with E-state index in [4.69, 9.17) is 11.6 Å². The maximum absolute atomic E-state index is 12.0. The maximum atomic E-state index is 12.0. The van der Waals surface area contributed by atoms with Crippen molar-refractivity contribution in [3.8, 4) is 5.69 Å². The third-order valence-electron chi connectivity index (χ3n) is 3.56. The van der Waals surface area contributed by atoms with E-state index in [1.807, 2.05) is 66.2 Å². The van der Waals surface area contributed by atoms with Gasteiger partial charge in [-0.1, -0.05) is 29.3 Å². The lowest BCUT2D eigenvalue weighted by Crippen LogP contribution is -2.17. The normalized spacial score (nSPS) is 10.9. The van der Waals surface area contributed by atoms with E-state index >= 15 is 0 Å². The van der Waals surface area contributed by atoms with Gasteiger partial charge in [-0.3, -0.25) is 4.79 Å². The largest absolute Gasteiger partial charge is 0.316 e. The summed E-state index contributed by atoms with van der Waals surface area (Å²) in [6.45, 7) is 1.98. The highest BCUT2D eigenvalue weighted by atomic mass is 35.5. The first-order valence-corrected chi connectivity index (χ1v) is 7.85. The Bertz CT molecular complexity index is 864. The SMILES string of the molecule is Cc1ccc(C(=O)N/N=C\c2cccn2-c2ccc(Cl)cc2)cc1. The lowest BCUT2D eigenvalue weighted by molar-refractivity contribution is 0.0955. The molecule has 0 aliphatic heterocycles. The smallest absolute Gasteiger partial charge is 0.271 e. The molecule has 0 aliphatic rings. The first kappa shape index (κ1) is 16.0. The molecule has 0 aliphatic carbocycles. The number of hydrazone groups is 1. The molecular weight excluding hydrogens is 322 g/mol. The van der Waals surface area contributed by atoms with Crippen LogP contribution in [-0.2, 0) is 0 Å². The molecule has 0 unspecified atom stereocenters. The van der Waals surface area contributed by atoms with Gasteiger partial charge in [0.05, 0.1) is 11.9 Å². The summed E-state index contributed by atoms with van der Waals surface area (Å²) < 4.78 is 1.96. The quantitative estimate of drug-likeness (QED) is 0.562. The highest BCUT2D eigenvalue weighted by molar-refractivity contribution is 6.30. The fraction of sp³-hybridized carbons (Fsp3) is 0.0526. The highest BCUT2D eigenvalue weighted by Gasteiger charge is 2.04. The molecule has 1 heterocycles. The maximum Gasteiger partial charge on any atom is 0.271 e. The van der Waals surface area contributed by atoms with Crippen molar-refractivity contribution in [3.05, 3.63) is 88.7 Å². The average molecular weight is 338 g/mol. The number of hydrogen-bond acceptors (Lipinski definition) is 2. The number of benzene rings is 2. The van der Waals surface area contributed by atoms with Gasteiger partial charge in [0.15, 0.2) is 0 Å². The Labute approximate surface area is 145 Å². The fourth-order valence-corrected chi connectivity index (χ4v) is 2.39. The lowest BCUT2D eigenvalue weighted by Gasteiger charge is -2.06. The van der Waals surface area contributed by atoms with Gasteiger partial charge in [-0.2, -0.15) is 5.10 Å². The summed E-state index contributed by atoms with van der Waals surface area (Å²) >= 11 is 5.92. The second-order valence-corrected chi connectivity index (χ2v) is 5.78. The van der Waals surface area contributed by atoms with Gasteiger partial charge in [0.25, 0.3) is 5.91 Å². The molecule has 120 valence electrons. The van der Waals surface area contributed by atoms with Crippen LogP contribution in [0.1, 0.15) is 21.6 Å². The molecule has 2 aromatic carbocycles. The lowest BCUT2D eigenvalue weighted by atomic mass is 10.1. The highest BCUT2D eigenvalue weighted by Crippen LogP contribution is 2.15. The van der Waals surface area contributed by atoms with Crippen LogP contribution in [0.25, 0.3) is 5.69 Å². The zero-order valence-electron chi connectivity index (χ0n) is 13.1. The molecule has 3 aromatic rings. The molecule has 1 aromatic heterocycles. The molecule has 0 saturated carbocycles. The minimum Gasteiger partial charge on any atom is -0.316 e. The molecule has 0 bridgehead atoms. The Kier molecular flexibility index (Phi) is 4.77. The Hall–Kier alpha value is -2.85. The zero-order chi connectivity index (χ0) is 16.9. The van der Waals surface area contributed by atoms with Crippen LogP contribution in [0.4, 0.5) is 0 Å². The fourth-order valence-electron chi connectivity index (χ4n) is 2.26. The predicted octanol–water partition coefficient (Wildman–Crippen LogP) is 4.20. The number of carbonyl (C=O) groups is 1. The molecule has 3 rings (SSSR count). The number of halogens is 1. The molecule has 5 heteroatoms. The molecular formula is C19H16ClN3O. The third-order valence-corrected chi connectivity index (χ3v) is 3.81. The van der Waals surface area contributed by atoms with E-state index in [1.54, 1.807) is 18.3 Å². The Morgan fingerprint density at radius 1 is 1.08 bits per heavy atom. The third kappa shape index (κ3) is 3.73. The Morgan fingerprint density at radius 3 is 2.50 bits per heavy atom. The number of aryl methyl sites for hydroxylation is 1. The molecule has 24 heavy (non-hydrogen) atoms. The van der Waals surface area contributed by atoms with Gasteiger partial charge in [-0.05, 0) is 55.5 Å². The van der Waals surface area contributed by atoms with E-state index < -0.39 is 0 Å². The Morgan fingerprint density at radius 2 is 1.79 bits per heavy atom. The van der Waals surface area contributed by atoms with Crippen molar-refractivity contribution in [1.29, 1.82) is 0 Å². The van der Waals surface area contributed by atoms with Gasteiger partial charge < -0.3 is 4.57 Å². The molecule has 0 saturated heterocycles. The van der Waals surface area contributed by atoms with Crippen LogP contribution in [0.3, 0.4) is 0 Å². The summed E-state index contributed by atoms with van der Waals surface area (Å²) in [4.78, 5) is 12.0. The van der Waals surface area contributed by atoms with Gasteiger partial charge >= 0.3 is 0 Å². The van der Waals surface area contributed by atoms with Crippen molar-refractivity contribution in [3.63, 3.8) is 0 Å². The van der Waals surface area contributed by atoms with Crippen LogP contribution in [-0.4, -0.2) is 16.7 Å². The molecule has 4 nitrogen and oxygen atoms in total. The first-order valence-electron chi connectivity index (χ1n) is 7.47. The Balaban J connectivity index is 1.71.